The summed E-state index contributed by atoms with van der Waals surface area (Å²) in [5.41, 5.74) is 0.644. The van der Waals surface area contributed by atoms with E-state index in [9.17, 15) is 12.8 Å². The second kappa shape index (κ2) is 5.01. The molecule has 2 aromatic carbocycles. The van der Waals surface area contributed by atoms with Crippen LogP contribution in [-0.4, -0.2) is 15.5 Å². The predicted octanol–water partition coefficient (Wildman–Crippen LogP) is 2.24. The molecular weight excluding hydrogens is 295 g/mol. The molecule has 2 aromatic rings. The number of para-hydroxylation sites is 1. The lowest BCUT2D eigenvalue weighted by molar-refractivity contribution is 0.410. The van der Waals surface area contributed by atoms with Crippen molar-refractivity contribution >= 4 is 15.7 Å². The van der Waals surface area contributed by atoms with Crippen molar-refractivity contribution in [3.05, 3.63) is 53.8 Å². The average Bonchev–Trinajstić information content (AvgIpc) is 2.46. The molecule has 5 nitrogen and oxygen atoms in total. The zero-order chi connectivity index (χ0) is 15.0. The van der Waals surface area contributed by atoms with E-state index in [1.165, 1.54) is 25.3 Å². The number of anilines is 1. The standard InChI is InChI=1S/C14H13FN2O3S/c1-20-9-6-7-10(11(15)8-9)14-16-12-4-2-3-5-13(12)21(18,19)17-14/h2-8,14,16-17H,1H3/t14-/m0/s1. The first-order valence-corrected chi connectivity index (χ1v) is 7.71. The molecule has 0 saturated carbocycles. The Bertz CT molecular complexity index is 793. The van der Waals surface area contributed by atoms with Crippen LogP contribution in [0.15, 0.2) is 47.4 Å². The van der Waals surface area contributed by atoms with Gasteiger partial charge >= 0.3 is 0 Å². The quantitative estimate of drug-likeness (QED) is 0.893. The summed E-state index contributed by atoms with van der Waals surface area (Å²) >= 11 is 0. The number of hydrogen-bond acceptors (Lipinski definition) is 4. The summed E-state index contributed by atoms with van der Waals surface area (Å²) < 4.78 is 45.8. The highest BCUT2D eigenvalue weighted by Crippen LogP contribution is 2.32. The van der Waals surface area contributed by atoms with Gasteiger partial charge < -0.3 is 10.1 Å². The van der Waals surface area contributed by atoms with E-state index in [1.54, 1.807) is 24.3 Å². The fourth-order valence-corrected chi connectivity index (χ4v) is 3.53. The molecule has 1 heterocycles. The van der Waals surface area contributed by atoms with Crippen molar-refractivity contribution in [2.45, 2.75) is 11.1 Å². The lowest BCUT2D eigenvalue weighted by Gasteiger charge is -2.28. The van der Waals surface area contributed by atoms with Gasteiger partial charge in [-0.15, -0.1) is 0 Å². The fraction of sp³-hybridized carbons (Fsp3) is 0.143. The molecular formula is C14H13FN2O3S. The number of ether oxygens (including phenoxy) is 1. The Morgan fingerprint density at radius 3 is 2.67 bits per heavy atom. The topological polar surface area (TPSA) is 67.4 Å². The normalized spacial score (nSPS) is 19.4. The highest BCUT2D eigenvalue weighted by molar-refractivity contribution is 7.89. The Labute approximate surface area is 121 Å². The maximum absolute atomic E-state index is 14.1. The van der Waals surface area contributed by atoms with Gasteiger partial charge in [0.05, 0.1) is 12.8 Å². The zero-order valence-electron chi connectivity index (χ0n) is 11.1. The minimum absolute atomic E-state index is 0.148. The SMILES string of the molecule is COc1ccc([C@H]2Nc3ccccc3S(=O)(=O)N2)c(F)c1. The number of hydrogen-bond donors (Lipinski definition) is 2. The highest BCUT2D eigenvalue weighted by Gasteiger charge is 2.30. The summed E-state index contributed by atoms with van der Waals surface area (Å²) in [7, 11) is -2.25. The number of fused-ring (bicyclic) bond motifs is 1. The van der Waals surface area contributed by atoms with Gasteiger partial charge in [0.1, 0.15) is 22.6 Å². The molecule has 0 saturated heterocycles. The van der Waals surface area contributed by atoms with Crippen LogP contribution in [0.4, 0.5) is 10.1 Å². The van der Waals surface area contributed by atoms with Crippen LogP contribution in [0, 0.1) is 5.82 Å². The molecule has 2 N–H and O–H groups in total. The molecule has 0 fully saturated rings. The van der Waals surface area contributed by atoms with Crippen LogP contribution >= 0.6 is 0 Å². The van der Waals surface area contributed by atoms with Crippen molar-refractivity contribution in [1.29, 1.82) is 0 Å². The Morgan fingerprint density at radius 1 is 1.19 bits per heavy atom. The molecule has 0 unspecified atom stereocenters. The summed E-state index contributed by atoms with van der Waals surface area (Å²) in [4.78, 5) is 0.148. The maximum atomic E-state index is 14.1. The molecule has 0 bridgehead atoms. The maximum Gasteiger partial charge on any atom is 0.244 e. The third-order valence-corrected chi connectivity index (χ3v) is 4.75. The Kier molecular flexibility index (Phi) is 3.30. The third-order valence-electron chi connectivity index (χ3n) is 3.27. The van der Waals surface area contributed by atoms with Gasteiger partial charge in [0.2, 0.25) is 10.0 Å². The largest absolute Gasteiger partial charge is 0.497 e. The summed E-state index contributed by atoms with van der Waals surface area (Å²) in [6.45, 7) is 0. The monoisotopic (exact) mass is 308 g/mol. The van der Waals surface area contributed by atoms with Crippen LogP contribution < -0.4 is 14.8 Å². The molecule has 0 aliphatic carbocycles. The van der Waals surface area contributed by atoms with Crippen LogP contribution in [0.5, 0.6) is 5.75 Å². The van der Waals surface area contributed by atoms with Crippen LogP contribution in [-0.2, 0) is 10.0 Å². The smallest absolute Gasteiger partial charge is 0.244 e. The van der Waals surface area contributed by atoms with E-state index in [4.69, 9.17) is 4.74 Å². The minimum atomic E-state index is -3.68. The predicted molar refractivity (Wildman–Crippen MR) is 76.1 cm³/mol. The lowest BCUT2D eigenvalue weighted by Crippen LogP contribution is -2.38. The molecule has 0 radical (unpaired) electrons. The van der Waals surface area contributed by atoms with Gasteiger partial charge in [-0.1, -0.05) is 12.1 Å². The summed E-state index contributed by atoms with van der Waals surface area (Å²) in [6.07, 6.45) is -0.865. The highest BCUT2D eigenvalue weighted by atomic mass is 32.2. The van der Waals surface area contributed by atoms with Gasteiger partial charge in [-0.05, 0) is 24.3 Å². The van der Waals surface area contributed by atoms with Gasteiger partial charge in [-0.2, -0.15) is 4.72 Å². The van der Waals surface area contributed by atoms with Crippen molar-refractivity contribution in [2.24, 2.45) is 0 Å². The molecule has 1 aliphatic heterocycles. The number of nitrogens with one attached hydrogen (secondary N) is 2. The van der Waals surface area contributed by atoms with E-state index in [0.29, 0.717) is 11.4 Å². The van der Waals surface area contributed by atoms with E-state index in [0.717, 1.165) is 0 Å². The van der Waals surface area contributed by atoms with E-state index in [-0.39, 0.29) is 10.5 Å². The first-order valence-electron chi connectivity index (χ1n) is 6.22. The fourth-order valence-electron chi connectivity index (χ4n) is 2.23. The number of halogens is 1. The summed E-state index contributed by atoms with van der Waals surface area (Å²) in [6, 6.07) is 10.8. The summed E-state index contributed by atoms with van der Waals surface area (Å²) in [5.74, 6) is -0.177. The molecule has 1 atom stereocenters. The molecule has 0 spiro atoms. The van der Waals surface area contributed by atoms with Crippen LogP contribution in [0.1, 0.15) is 11.7 Å². The van der Waals surface area contributed by atoms with Crippen molar-refractivity contribution in [2.75, 3.05) is 12.4 Å². The number of methoxy groups -OCH3 is 1. The first kappa shape index (κ1) is 13.8. The number of sulfonamides is 1. The van der Waals surface area contributed by atoms with Crippen molar-refractivity contribution in [3.8, 4) is 5.75 Å². The van der Waals surface area contributed by atoms with E-state index < -0.39 is 22.0 Å². The van der Waals surface area contributed by atoms with Gasteiger partial charge in [0.25, 0.3) is 0 Å². The lowest BCUT2D eigenvalue weighted by atomic mass is 10.1. The summed E-state index contributed by atoms with van der Waals surface area (Å²) in [5, 5.41) is 2.98. The minimum Gasteiger partial charge on any atom is -0.497 e. The Balaban J connectivity index is 2.03. The third kappa shape index (κ3) is 2.45. The molecule has 3 rings (SSSR count). The number of rotatable bonds is 2. The van der Waals surface area contributed by atoms with Gasteiger partial charge in [0.15, 0.2) is 0 Å². The van der Waals surface area contributed by atoms with Crippen molar-refractivity contribution < 1.29 is 17.5 Å². The van der Waals surface area contributed by atoms with E-state index in [1.807, 2.05) is 0 Å². The van der Waals surface area contributed by atoms with Crippen LogP contribution in [0.3, 0.4) is 0 Å². The molecule has 0 aromatic heterocycles. The second-order valence-electron chi connectivity index (χ2n) is 4.58. The second-order valence-corrected chi connectivity index (χ2v) is 6.26. The number of benzene rings is 2. The van der Waals surface area contributed by atoms with Gasteiger partial charge in [-0.3, -0.25) is 0 Å². The van der Waals surface area contributed by atoms with Gasteiger partial charge in [0, 0.05) is 11.6 Å². The Hall–Kier alpha value is -2.12. The molecule has 7 heteroatoms. The molecule has 21 heavy (non-hydrogen) atoms. The van der Waals surface area contributed by atoms with Gasteiger partial charge in [-0.25, -0.2) is 12.8 Å². The average molecular weight is 308 g/mol. The Morgan fingerprint density at radius 2 is 1.95 bits per heavy atom. The first-order chi connectivity index (χ1) is 10.0. The zero-order valence-corrected chi connectivity index (χ0v) is 11.9. The van der Waals surface area contributed by atoms with Crippen LogP contribution in [0.2, 0.25) is 0 Å². The van der Waals surface area contributed by atoms with Crippen molar-refractivity contribution in [3.63, 3.8) is 0 Å². The molecule has 1 aliphatic rings. The van der Waals surface area contributed by atoms with E-state index >= 15 is 0 Å². The van der Waals surface area contributed by atoms with Crippen molar-refractivity contribution in [1.82, 2.24) is 4.72 Å². The van der Waals surface area contributed by atoms with Crippen LogP contribution in [0.25, 0.3) is 0 Å². The molecule has 0 amide bonds. The molecule has 110 valence electrons. The van der Waals surface area contributed by atoms with E-state index in [2.05, 4.69) is 10.0 Å².